The lowest BCUT2D eigenvalue weighted by molar-refractivity contribution is 0.140. The van der Waals surface area contributed by atoms with Gasteiger partial charge in [0.2, 0.25) is 5.88 Å². The van der Waals surface area contributed by atoms with E-state index in [-0.39, 0.29) is 5.02 Å². The maximum absolute atomic E-state index is 13.7. The average Bonchev–Trinajstić information content (AvgIpc) is 2.79. The van der Waals surface area contributed by atoms with E-state index in [9.17, 15) is 4.39 Å². The van der Waals surface area contributed by atoms with Crippen LogP contribution in [-0.2, 0) is 4.74 Å². The second-order valence-corrected chi connectivity index (χ2v) is 6.46. The topological polar surface area (TPSA) is 73.5 Å². The highest BCUT2D eigenvalue weighted by molar-refractivity contribution is 6.31. The second-order valence-electron chi connectivity index (χ2n) is 6.06. The van der Waals surface area contributed by atoms with Crippen molar-refractivity contribution in [2.24, 2.45) is 5.73 Å². The SMILES string of the molecule is CC.COc1ccc2nccc(N(CCOCCCN)c3ccc(F)c(Cl)c3)c2n1. The standard InChI is InChI=1S/C20H22ClFN4O2.C2H6/c1-27-19-6-5-17-20(25-19)18(7-9-24-17)26(10-12-28-11-2-8-23)14-3-4-16(22)15(21)13-14;1-2/h3-7,9,13H,2,8,10-12,23H2,1H3;1-2H3. The quantitative estimate of drug-likeness (QED) is 0.480. The lowest BCUT2D eigenvalue weighted by atomic mass is 10.2. The van der Waals surface area contributed by atoms with Gasteiger partial charge in [0.1, 0.15) is 11.3 Å². The molecule has 3 aromatic rings. The maximum Gasteiger partial charge on any atom is 0.213 e. The van der Waals surface area contributed by atoms with Crippen molar-refractivity contribution >= 4 is 34.0 Å². The van der Waals surface area contributed by atoms with Gasteiger partial charge in [0, 0.05) is 31.1 Å². The predicted molar refractivity (Wildman–Crippen MR) is 120 cm³/mol. The molecule has 2 N–H and O–H groups in total. The van der Waals surface area contributed by atoms with Gasteiger partial charge in [-0.1, -0.05) is 25.4 Å². The van der Waals surface area contributed by atoms with Crippen LogP contribution >= 0.6 is 11.6 Å². The monoisotopic (exact) mass is 434 g/mol. The molecule has 0 unspecified atom stereocenters. The number of anilines is 2. The fourth-order valence-electron chi connectivity index (χ4n) is 2.81. The smallest absolute Gasteiger partial charge is 0.213 e. The summed E-state index contributed by atoms with van der Waals surface area (Å²) >= 11 is 6.02. The molecule has 1 aromatic carbocycles. The summed E-state index contributed by atoms with van der Waals surface area (Å²) in [6.07, 6.45) is 2.50. The van der Waals surface area contributed by atoms with Gasteiger partial charge >= 0.3 is 0 Å². The molecule has 30 heavy (non-hydrogen) atoms. The van der Waals surface area contributed by atoms with Crippen molar-refractivity contribution in [3.05, 3.63) is 53.4 Å². The van der Waals surface area contributed by atoms with E-state index in [1.165, 1.54) is 6.07 Å². The van der Waals surface area contributed by atoms with Crippen LogP contribution in [0.1, 0.15) is 20.3 Å². The largest absolute Gasteiger partial charge is 0.481 e. The zero-order valence-electron chi connectivity index (χ0n) is 17.6. The normalized spacial score (nSPS) is 10.5. The van der Waals surface area contributed by atoms with Gasteiger partial charge in [0.05, 0.1) is 29.9 Å². The van der Waals surface area contributed by atoms with Crippen molar-refractivity contribution in [1.82, 2.24) is 9.97 Å². The minimum absolute atomic E-state index is 0.0513. The van der Waals surface area contributed by atoms with Gasteiger partial charge in [0.25, 0.3) is 0 Å². The molecule has 0 aliphatic carbocycles. The van der Waals surface area contributed by atoms with Gasteiger partial charge in [-0.3, -0.25) is 4.98 Å². The van der Waals surface area contributed by atoms with Gasteiger partial charge in [-0.2, -0.15) is 0 Å². The summed E-state index contributed by atoms with van der Waals surface area (Å²) in [4.78, 5) is 10.9. The first-order valence-corrected chi connectivity index (χ1v) is 10.3. The Kier molecular flexibility index (Phi) is 9.73. The fraction of sp³-hybridized carbons (Fsp3) is 0.364. The first-order valence-electron chi connectivity index (χ1n) is 9.94. The molecule has 8 heteroatoms. The first kappa shape index (κ1) is 23.8. The number of methoxy groups -OCH3 is 1. The summed E-state index contributed by atoms with van der Waals surface area (Å²) in [6.45, 7) is 6.14. The van der Waals surface area contributed by atoms with E-state index < -0.39 is 5.82 Å². The molecular formula is C22H28ClFN4O2. The van der Waals surface area contributed by atoms with Crippen molar-refractivity contribution in [2.75, 3.05) is 38.3 Å². The molecule has 162 valence electrons. The highest BCUT2D eigenvalue weighted by Crippen LogP contribution is 2.33. The Morgan fingerprint density at radius 3 is 2.63 bits per heavy atom. The molecule has 0 radical (unpaired) electrons. The third-order valence-corrected chi connectivity index (χ3v) is 4.49. The highest BCUT2D eigenvalue weighted by atomic mass is 35.5. The van der Waals surface area contributed by atoms with Crippen LogP contribution < -0.4 is 15.4 Å². The Morgan fingerprint density at radius 2 is 1.93 bits per heavy atom. The number of hydrogen-bond acceptors (Lipinski definition) is 6. The predicted octanol–water partition coefficient (Wildman–Crippen LogP) is 4.96. The average molecular weight is 435 g/mol. The Labute approximate surface area is 181 Å². The van der Waals surface area contributed by atoms with Crippen molar-refractivity contribution in [3.63, 3.8) is 0 Å². The molecule has 0 aliphatic heterocycles. The van der Waals surface area contributed by atoms with Gasteiger partial charge in [-0.25, -0.2) is 9.37 Å². The minimum atomic E-state index is -0.469. The molecule has 0 fully saturated rings. The molecular weight excluding hydrogens is 407 g/mol. The van der Waals surface area contributed by atoms with Crippen molar-refractivity contribution in [3.8, 4) is 5.88 Å². The molecule has 0 saturated carbocycles. The number of aromatic nitrogens is 2. The summed E-state index contributed by atoms with van der Waals surface area (Å²) < 4.78 is 24.6. The number of rotatable bonds is 9. The van der Waals surface area contributed by atoms with Crippen LogP contribution in [0.2, 0.25) is 5.02 Å². The zero-order chi connectivity index (χ0) is 21.9. The number of ether oxygens (including phenoxy) is 2. The Hall–Kier alpha value is -2.48. The van der Waals surface area contributed by atoms with Gasteiger partial charge < -0.3 is 20.1 Å². The molecule has 0 bridgehead atoms. The number of benzene rings is 1. The van der Waals surface area contributed by atoms with Crippen LogP contribution in [0.4, 0.5) is 15.8 Å². The summed E-state index contributed by atoms with van der Waals surface area (Å²) in [6, 6.07) is 10.1. The molecule has 0 aliphatic rings. The van der Waals surface area contributed by atoms with Crippen LogP contribution in [0, 0.1) is 5.82 Å². The molecule has 0 atom stereocenters. The first-order chi connectivity index (χ1) is 14.6. The van der Waals surface area contributed by atoms with Crippen LogP contribution in [0.3, 0.4) is 0 Å². The summed E-state index contributed by atoms with van der Waals surface area (Å²) in [5, 5.41) is 0.0513. The van der Waals surface area contributed by atoms with E-state index >= 15 is 0 Å². The maximum atomic E-state index is 13.7. The molecule has 2 aromatic heterocycles. The molecule has 2 heterocycles. The molecule has 3 rings (SSSR count). The molecule has 0 saturated heterocycles. The zero-order valence-corrected chi connectivity index (χ0v) is 18.3. The lowest BCUT2D eigenvalue weighted by Crippen LogP contribution is -2.23. The number of fused-ring (bicyclic) bond motifs is 1. The van der Waals surface area contributed by atoms with Crippen molar-refractivity contribution < 1.29 is 13.9 Å². The lowest BCUT2D eigenvalue weighted by Gasteiger charge is -2.26. The van der Waals surface area contributed by atoms with Crippen LogP contribution in [0.15, 0.2) is 42.6 Å². The third kappa shape index (κ3) is 6.01. The summed E-state index contributed by atoms with van der Waals surface area (Å²) in [5.41, 5.74) is 8.43. The van der Waals surface area contributed by atoms with Crippen molar-refractivity contribution in [1.29, 1.82) is 0 Å². The van der Waals surface area contributed by atoms with E-state index in [2.05, 4.69) is 9.97 Å². The summed E-state index contributed by atoms with van der Waals surface area (Å²) in [5.74, 6) is 0.0157. The van der Waals surface area contributed by atoms with E-state index in [0.717, 1.165) is 23.3 Å². The number of nitrogens with zero attached hydrogens (tertiary/aromatic N) is 3. The Bertz CT molecular complexity index is 942. The van der Waals surface area contributed by atoms with E-state index in [0.29, 0.717) is 37.7 Å². The second kappa shape index (κ2) is 12.3. The summed E-state index contributed by atoms with van der Waals surface area (Å²) in [7, 11) is 1.56. The Balaban J connectivity index is 0.00000155. The van der Waals surface area contributed by atoms with Gasteiger partial charge in [0.15, 0.2) is 0 Å². The van der Waals surface area contributed by atoms with Gasteiger partial charge in [-0.15, -0.1) is 0 Å². The number of hydrogen-bond donors (Lipinski definition) is 1. The van der Waals surface area contributed by atoms with Crippen molar-refractivity contribution in [2.45, 2.75) is 20.3 Å². The van der Waals surface area contributed by atoms with E-state index in [1.807, 2.05) is 30.9 Å². The third-order valence-electron chi connectivity index (χ3n) is 4.20. The highest BCUT2D eigenvalue weighted by Gasteiger charge is 2.16. The molecule has 0 spiro atoms. The van der Waals surface area contributed by atoms with Crippen LogP contribution in [-0.4, -0.2) is 43.4 Å². The minimum Gasteiger partial charge on any atom is -0.481 e. The van der Waals surface area contributed by atoms with Gasteiger partial charge in [-0.05, 0) is 43.3 Å². The number of nitrogens with two attached hydrogens (primary N) is 1. The molecule has 6 nitrogen and oxygen atoms in total. The fourth-order valence-corrected chi connectivity index (χ4v) is 2.98. The molecule has 0 amide bonds. The van der Waals surface area contributed by atoms with Crippen LogP contribution in [0.25, 0.3) is 11.0 Å². The van der Waals surface area contributed by atoms with E-state index in [4.69, 9.17) is 26.8 Å². The number of halogens is 2. The number of pyridine rings is 2. The Morgan fingerprint density at radius 1 is 1.13 bits per heavy atom. The van der Waals surface area contributed by atoms with E-state index in [1.54, 1.807) is 31.5 Å². The van der Waals surface area contributed by atoms with Crippen LogP contribution in [0.5, 0.6) is 5.88 Å².